The predicted octanol–water partition coefficient (Wildman–Crippen LogP) is 4.68. The van der Waals surface area contributed by atoms with Crippen molar-refractivity contribution in [1.82, 2.24) is 0 Å². The van der Waals surface area contributed by atoms with Gasteiger partial charge < -0.3 is 10.2 Å². The minimum atomic E-state index is -0.402. The number of nitro groups is 1. The van der Waals surface area contributed by atoms with Gasteiger partial charge in [0, 0.05) is 29.0 Å². The van der Waals surface area contributed by atoms with Crippen molar-refractivity contribution in [2.75, 3.05) is 16.8 Å². The Bertz CT molecular complexity index is 802. The number of hydrogen-bond donors (Lipinski definition) is 1. The topological polar surface area (TPSA) is 75.5 Å². The molecule has 27 heavy (non-hydrogen) atoms. The Kier molecular flexibility index (Phi) is 6.06. The number of nitro benzene ring substituents is 1. The molecular formula is C21H25N3O3. The van der Waals surface area contributed by atoms with Crippen molar-refractivity contribution in [3.63, 3.8) is 0 Å². The van der Waals surface area contributed by atoms with Crippen LogP contribution in [0.15, 0.2) is 48.5 Å². The molecule has 1 aliphatic carbocycles. The number of nitrogens with zero attached hydrogens (tertiary/aromatic N) is 2. The zero-order chi connectivity index (χ0) is 19.2. The molecule has 0 bridgehead atoms. The molecule has 0 heterocycles. The van der Waals surface area contributed by atoms with Gasteiger partial charge in [0.15, 0.2) is 0 Å². The average Bonchev–Trinajstić information content (AvgIpc) is 2.69. The molecule has 0 spiro atoms. The first-order chi connectivity index (χ1) is 13.1. The molecule has 1 aliphatic rings. The molecule has 1 N–H and O–H groups in total. The van der Waals surface area contributed by atoms with Crippen LogP contribution in [-0.4, -0.2) is 23.4 Å². The van der Waals surface area contributed by atoms with E-state index < -0.39 is 4.92 Å². The fourth-order valence-electron chi connectivity index (χ4n) is 3.76. The molecule has 2 aromatic rings. The molecule has 0 aliphatic heterocycles. The molecular weight excluding hydrogens is 342 g/mol. The largest absolute Gasteiger partial charge is 0.376 e. The lowest BCUT2D eigenvalue weighted by molar-refractivity contribution is -0.385. The Labute approximate surface area is 159 Å². The van der Waals surface area contributed by atoms with E-state index in [-0.39, 0.29) is 24.2 Å². The maximum atomic E-state index is 13.1. The number of para-hydroxylation sites is 1. The molecule has 2 aromatic carbocycles. The Morgan fingerprint density at radius 1 is 1.11 bits per heavy atom. The lowest BCUT2D eigenvalue weighted by Crippen LogP contribution is -2.44. The number of rotatable bonds is 6. The third-order valence-electron chi connectivity index (χ3n) is 5.17. The van der Waals surface area contributed by atoms with Crippen LogP contribution < -0.4 is 10.2 Å². The van der Waals surface area contributed by atoms with E-state index in [1.165, 1.54) is 12.5 Å². The second kappa shape index (κ2) is 8.66. The molecule has 6 nitrogen and oxygen atoms in total. The van der Waals surface area contributed by atoms with Crippen molar-refractivity contribution in [3.05, 3.63) is 64.2 Å². The molecule has 0 unspecified atom stereocenters. The summed E-state index contributed by atoms with van der Waals surface area (Å²) in [5.74, 6) is -0.0148. The SMILES string of the molecule is Cc1c(NCC(=O)N(c2ccccc2)C2CCCCC2)cccc1[N+](=O)[O-]. The highest BCUT2D eigenvalue weighted by atomic mass is 16.6. The standard InChI is InChI=1S/C21H25N3O3/c1-16-19(13-8-14-20(16)24(26)27)22-15-21(25)23(17-9-4-2-5-10-17)18-11-6-3-7-12-18/h2,4-5,8-10,13-14,18,22H,3,6-7,11-12,15H2,1H3. The van der Waals surface area contributed by atoms with Crippen LogP contribution in [0.2, 0.25) is 0 Å². The minimum Gasteiger partial charge on any atom is -0.376 e. The summed E-state index contributed by atoms with van der Waals surface area (Å²) < 4.78 is 0. The zero-order valence-electron chi connectivity index (χ0n) is 15.6. The highest BCUT2D eigenvalue weighted by Crippen LogP contribution is 2.28. The van der Waals surface area contributed by atoms with E-state index in [1.54, 1.807) is 19.1 Å². The molecule has 0 saturated heterocycles. The Morgan fingerprint density at radius 3 is 2.48 bits per heavy atom. The van der Waals surface area contributed by atoms with E-state index in [4.69, 9.17) is 0 Å². The second-order valence-corrected chi connectivity index (χ2v) is 6.95. The first-order valence-electron chi connectivity index (χ1n) is 9.43. The summed E-state index contributed by atoms with van der Waals surface area (Å²) in [6.45, 7) is 1.80. The monoisotopic (exact) mass is 367 g/mol. The third kappa shape index (κ3) is 4.45. The summed E-state index contributed by atoms with van der Waals surface area (Å²) in [5, 5.41) is 14.2. The van der Waals surface area contributed by atoms with Gasteiger partial charge in [-0.15, -0.1) is 0 Å². The molecule has 1 fully saturated rings. The van der Waals surface area contributed by atoms with Crippen LogP contribution in [0, 0.1) is 17.0 Å². The fraction of sp³-hybridized carbons (Fsp3) is 0.381. The van der Waals surface area contributed by atoms with Crippen molar-refractivity contribution in [2.45, 2.75) is 45.1 Å². The van der Waals surface area contributed by atoms with E-state index in [0.29, 0.717) is 11.3 Å². The van der Waals surface area contributed by atoms with Gasteiger partial charge >= 0.3 is 0 Å². The van der Waals surface area contributed by atoms with Gasteiger partial charge in [0.2, 0.25) is 5.91 Å². The smallest absolute Gasteiger partial charge is 0.274 e. The average molecular weight is 367 g/mol. The van der Waals surface area contributed by atoms with Crippen molar-refractivity contribution < 1.29 is 9.72 Å². The molecule has 0 radical (unpaired) electrons. The molecule has 142 valence electrons. The van der Waals surface area contributed by atoms with Crippen molar-refractivity contribution in [1.29, 1.82) is 0 Å². The third-order valence-corrected chi connectivity index (χ3v) is 5.17. The van der Waals surface area contributed by atoms with E-state index in [2.05, 4.69) is 5.32 Å². The molecule has 1 amide bonds. The van der Waals surface area contributed by atoms with Crippen LogP contribution in [0.3, 0.4) is 0 Å². The first-order valence-corrected chi connectivity index (χ1v) is 9.43. The molecule has 1 saturated carbocycles. The van der Waals surface area contributed by atoms with E-state index in [0.717, 1.165) is 31.4 Å². The van der Waals surface area contributed by atoms with Gasteiger partial charge in [0.25, 0.3) is 5.69 Å². The summed E-state index contributed by atoms with van der Waals surface area (Å²) >= 11 is 0. The van der Waals surface area contributed by atoms with Crippen LogP contribution in [-0.2, 0) is 4.79 Å². The van der Waals surface area contributed by atoms with E-state index in [9.17, 15) is 14.9 Å². The van der Waals surface area contributed by atoms with Crippen molar-refractivity contribution in [3.8, 4) is 0 Å². The van der Waals surface area contributed by atoms with Gasteiger partial charge in [-0.1, -0.05) is 43.5 Å². The van der Waals surface area contributed by atoms with Crippen LogP contribution in [0.1, 0.15) is 37.7 Å². The van der Waals surface area contributed by atoms with Crippen LogP contribution >= 0.6 is 0 Å². The minimum absolute atomic E-state index is 0.0148. The zero-order valence-corrected chi connectivity index (χ0v) is 15.6. The van der Waals surface area contributed by atoms with Crippen LogP contribution in [0.5, 0.6) is 0 Å². The molecule has 0 aromatic heterocycles. The highest BCUT2D eigenvalue weighted by Gasteiger charge is 2.26. The maximum absolute atomic E-state index is 13.1. The summed E-state index contributed by atoms with van der Waals surface area (Å²) in [6.07, 6.45) is 5.52. The Morgan fingerprint density at radius 2 is 1.81 bits per heavy atom. The number of carbonyl (C=O) groups is 1. The first kappa shape index (κ1) is 18.9. The lowest BCUT2D eigenvalue weighted by atomic mass is 9.93. The number of carbonyl (C=O) groups excluding carboxylic acids is 1. The maximum Gasteiger partial charge on any atom is 0.274 e. The van der Waals surface area contributed by atoms with Gasteiger partial charge in [0.05, 0.1) is 11.5 Å². The fourth-order valence-corrected chi connectivity index (χ4v) is 3.76. The lowest BCUT2D eigenvalue weighted by Gasteiger charge is -2.34. The van der Waals surface area contributed by atoms with E-state index >= 15 is 0 Å². The Hall–Kier alpha value is -2.89. The number of amides is 1. The number of anilines is 2. The van der Waals surface area contributed by atoms with Crippen LogP contribution in [0.25, 0.3) is 0 Å². The Balaban J connectivity index is 1.77. The second-order valence-electron chi connectivity index (χ2n) is 6.95. The van der Waals surface area contributed by atoms with Gasteiger partial charge in [-0.3, -0.25) is 14.9 Å². The molecule has 0 atom stereocenters. The molecule has 6 heteroatoms. The number of benzene rings is 2. The number of nitrogens with one attached hydrogen (secondary N) is 1. The van der Waals surface area contributed by atoms with Gasteiger partial charge in [0.1, 0.15) is 0 Å². The van der Waals surface area contributed by atoms with Gasteiger partial charge in [-0.25, -0.2) is 0 Å². The van der Waals surface area contributed by atoms with Crippen molar-refractivity contribution in [2.24, 2.45) is 0 Å². The summed E-state index contributed by atoms with van der Waals surface area (Å²) in [5.41, 5.74) is 2.13. The quantitative estimate of drug-likeness (QED) is 0.594. The summed E-state index contributed by atoms with van der Waals surface area (Å²) in [4.78, 5) is 25.7. The summed E-state index contributed by atoms with van der Waals surface area (Å²) in [7, 11) is 0. The number of hydrogen-bond acceptors (Lipinski definition) is 4. The molecule has 3 rings (SSSR count). The normalized spacial score (nSPS) is 14.6. The predicted molar refractivity (Wildman–Crippen MR) is 107 cm³/mol. The van der Waals surface area contributed by atoms with E-state index in [1.807, 2.05) is 35.2 Å². The van der Waals surface area contributed by atoms with Gasteiger partial charge in [-0.2, -0.15) is 0 Å². The van der Waals surface area contributed by atoms with Gasteiger partial charge in [-0.05, 0) is 38.0 Å². The van der Waals surface area contributed by atoms with Crippen LogP contribution in [0.4, 0.5) is 17.1 Å². The summed E-state index contributed by atoms with van der Waals surface area (Å²) in [6, 6.07) is 14.8. The highest BCUT2D eigenvalue weighted by molar-refractivity contribution is 5.96. The van der Waals surface area contributed by atoms with Crippen molar-refractivity contribution >= 4 is 23.0 Å².